The first kappa shape index (κ1) is 23.0. The molecule has 0 radical (unpaired) electrons. The minimum Gasteiger partial charge on any atom is -0.356 e. The predicted molar refractivity (Wildman–Crippen MR) is 126 cm³/mol. The molecule has 0 aliphatic carbocycles. The van der Waals surface area contributed by atoms with Crippen molar-refractivity contribution in [1.29, 1.82) is 0 Å². The Hall–Kier alpha value is -3.16. The zero-order chi connectivity index (χ0) is 23.4. The summed E-state index contributed by atoms with van der Waals surface area (Å²) in [6.07, 6.45) is 4.35. The number of nitrogens with zero attached hydrogens (tertiary/aromatic N) is 3. The molecule has 33 heavy (non-hydrogen) atoms. The lowest BCUT2D eigenvalue weighted by molar-refractivity contribution is -0.122. The van der Waals surface area contributed by atoms with Crippen molar-refractivity contribution in [3.8, 4) is 0 Å². The lowest BCUT2D eigenvalue weighted by atomic mass is 9.92. The quantitative estimate of drug-likeness (QED) is 0.676. The smallest absolute Gasteiger partial charge is 0.253 e. The van der Waals surface area contributed by atoms with Gasteiger partial charge in [-0.3, -0.25) is 19.5 Å². The summed E-state index contributed by atoms with van der Waals surface area (Å²) in [5, 5.41) is 10.2. The van der Waals surface area contributed by atoms with Gasteiger partial charge in [0, 0.05) is 56.0 Å². The number of hydrogen-bond acceptors (Lipinski definition) is 4. The Kier molecular flexibility index (Phi) is 7.11. The molecule has 1 aromatic carbocycles. The Labute approximate surface area is 194 Å². The number of carbonyl (C=O) groups excluding carboxylic acids is 3. The molecule has 2 N–H and O–H groups in total. The van der Waals surface area contributed by atoms with Crippen molar-refractivity contribution in [2.24, 2.45) is 5.92 Å². The monoisotopic (exact) mass is 451 g/mol. The average molecular weight is 452 g/mol. The van der Waals surface area contributed by atoms with Gasteiger partial charge in [-0.2, -0.15) is 5.10 Å². The van der Waals surface area contributed by atoms with Gasteiger partial charge in [0.1, 0.15) is 0 Å². The summed E-state index contributed by atoms with van der Waals surface area (Å²) in [6, 6.07) is 7.38. The van der Waals surface area contributed by atoms with Crippen LogP contribution in [-0.2, 0) is 16.0 Å². The van der Waals surface area contributed by atoms with E-state index in [0.29, 0.717) is 50.5 Å². The molecule has 0 spiro atoms. The maximum Gasteiger partial charge on any atom is 0.253 e. The molecule has 8 heteroatoms. The van der Waals surface area contributed by atoms with Crippen LogP contribution in [0.4, 0.5) is 5.69 Å². The van der Waals surface area contributed by atoms with E-state index < -0.39 is 0 Å². The fraction of sp³-hybridized carbons (Fsp3) is 0.520. The van der Waals surface area contributed by atoms with E-state index in [0.717, 1.165) is 42.8 Å². The summed E-state index contributed by atoms with van der Waals surface area (Å²) in [4.78, 5) is 41.1. The van der Waals surface area contributed by atoms with E-state index >= 15 is 0 Å². The molecule has 0 saturated carbocycles. The summed E-state index contributed by atoms with van der Waals surface area (Å²) in [6.45, 7) is 6.58. The number of carbonyl (C=O) groups is 3. The molecule has 8 nitrogen and oxygen atoms in total. The highest BCUT2D eigenvalue weighted by Gasteiger charge is 2.27. The van der Waals surface area contributed by atoms with Gasteiger partial charge in [0.15, 0.2) is 0 Å². The van der Waals surface area contributed by atoms with E-state index in [1.165, 1.54) is 5.56 Å². The Balaban J connectivity index is 1.23. The highest BCUT2D eigenvalue weighted by molar-refractivity contribution is 5.99. The van der Waals surface area contributed by atoms with Crippen LogP contribution in [-0.4, -0.2) is 59.0 Å². The summed E-state index contributed by atoms with van der Waals surface area (Å²) < 4.78 is 0. The molecule has 2 saturated heterocycles. The summed E-state index contributed by atoms with van der Waals surface area (Å²) in [5.74, 6) is 0.479. The van der Waals surface area contributed by atoms with Gasteiger partial charge < -0.3 is 15.1 Å². The third kappa shape index (κ3) is 5.43. The molecule has 176 valence electrons. The van der Waals surface area contributed by atoms with Crippen LogP contribution < -0.4 is 10.2 Å². The summed E-state index contributed by atoms with van der Waals surface area (Å²) in [7, 11) is 0. The number of hydrogen-bond donors (Lipinski definition) is 2. The van der Waals surface area contributed by atoms with Gasteiger partial charge in [0.2, 0.25) is 11.8 Å². The number of likely N-dealkylation sites (tertiary alicyclic amines) is 1. The number of rotatable bonds is 7. The normalized spacial score (nSPS) is 17.0. The zero-order valence-corrected chi connectivity index (χ0v) is 19.5. The Morgan fingerprint density at radius 2 is 1.97 bits per heavy atom. The first-order valence-corrected chi connectivity index (χ1v) is 11.9. The Bertz CT molecular complexity index is 1000. The van der Waals surface area contributed by atoms with Crippen LogP contribution in [0.1, 0.15) is 59.4 Å². The van der Waals surface area contributed by atoms with Gasteiger partial charge in [-0.15, -0.1) is 0 Å². The van der Waals surface area contributed by atoms with Crippen molar-refractivity contribution in [3.05, 3.63) is 46.8 Å². The lowest BCUT2D eigenvalue weighted by Gasteiger charge is -2.32. The van der Waals surface area contributed by atoms with Gasteiger partial charge in [0.25, 0.3) is 5.91 Å². The SMILES string of the molecule is Cc1n[nH]c(C)c1CCNC(=O)CC1CCN(C(=O)c2cccc(N3CCCC3=O)c2)CC1. The van der Waals surface area contributed by atoms with Gasteiger partial charge >= 0.3 is 0 Å². The maximum absolute atomic E-state index is 13.0. The largest absolute Gasteiger partial charge is 0.356 e. The number of nitrogens with one attached hydrogen (secondary N) is 2. The Morgan fingerprint density at radius 3 is 2.64 bits per heavy atom. The first-order valence-electron chi connectivity index (χ1n) is 11.9. The van der Waals surface area contributed by atoms with E-state index in [1.807, 2.05) is 43.0 Å². The third-order valence-electron chi connectivity index (χ3n) is 6.83. The number of aromatic nitrogens is 2. The summed E-state index contributed by atoms with van der Waals surface area (Å²) >= 11 is 0. The van der Waals surface area contributed by atoms with Crippen LogP contribution in [0.2, 0.25) is 0 Å². The fourth-order valence-corrected chi connectivity index (χ4v) is 4.85. The number of anilines is 1. The molecule has 1 aromatic heterocycles. The minimum atomic E-state index is -0.00255. The standard InChI is InChI=1S/C25H33N5O3/c1-17-22(18(2)28-27-17)8-11-26-23(31)15-19-9-13-29(14-10-19)25(33)20-5-3-6-21(16-20)30-12-4-7-24(30)32/h3,5-6,16,19H,4,7-15H2,1-2H3,(H,26,31)(H,27,28). The van der Waals surface area contributed by atoms with Crippen LogP contribution in [0.25, 0.3) is 0 Å². The number of benzene rings is 1. The van der Waals surface area contributed by atoms with Crippen molar-refractivity contribution in [2.45, 2.75) is 52.4 Å². The third-order valence-corrected chi connectivity index (χ3v) is 6.83. The van der Waals surface area contributed by atoms with E-state index in [1.54, 1.807) is 4.90 Å². The number of H-pyrrole nitrogens is 1. The molecule has 2 aliphatic rings. The van der Waals surface area contributed by atoms with Crippen LogP contribution in [0.5, 0.6) is 0 Å². The number of amides is 3. The average Bonchev–Trinajstić information content (AvgIpc) is 3.39. The first-order chi connectivity index (χ1) is 15.9. The van der Waals surface area contributed by atoms with Gasteiger partial charge in [-0.05, 0) is 69.2 Å². The second kappa shape index (κ2) is 10.2. The van der Waals surface area contributed by atoms with Gasteiger partial charge in [-0.1, -0.05) is 6.07 Å². The van der Waals surface area contributed by atoms with Crippen molar-refractivity contribution in [2.75, 3.05) is 31.1 Å². The van der Waals surface area contributed by atoms with E-state index in [9.17, 15) is 14.4 Å². The van der Waals surface area contributed by atoms with Crippen molar-refractivity contribution < 1.29 is 14.4 Å². The molecule has 3 amide bonds. The number of aryl methyl sites for hydroxylation is 2. The van der Waals surface area contributed by atoms with Gasteiger partial charge in [0.05, 0.1) is 5.69 Å². The fourth-order valence-electron chi connectivity index (χ4n) is 4.85. The van der Waals surface area contributed by atoms with E-state index in [2.05, 4.69) is 15.5 Å². The highest BCUT2D eigenvalue weighted by atomic mass is 16.2. The second-order valence-corrected chi connectivity index (χ2v) is 9.15. The topological polar surface area (TPSA) is 98.4 Å². The zero-order valence-electron chi connectivity index (χ0n) is 19.5. The molecular weight excluding hydrogens is 418 g/mol. The van der Waals surface area contributed by atoms with Gasteiger partial charge in [-0.25, -0.2) is 0 Å². The van der Waals surface area contributed by atoms with E-state index in [4.69, 9.17) is 0 Å². The van der Waals surface area contributed by atoms with E-state index in [-0.39, 0.29) is 17.7 Å². The lowest BCUT2D eigenvalue weighted by Crippen LogP contribution is -2.40. The molecule has 0 unspecified atom stereocenters. The number of piperidine rings is 1. The van der Waals surface area contributed by atoms with Crippen LogP contribution in [0.15, 0.2) is 24.3 Å². The molecule has 2 aromatic rings. The van der Waals surface area contributed by atoms with Crippen LogP contribution >= 0.6 is 0 Å². The van der Waals surface area contributed by atoms with Crippen LogP contribution in [0.3, 0.4) is 0 Å². The van der Waals surface area contributed by atoms with Crippen molar-refractivity contribution >= 4 is 23.4 Å². The van der Waals surface area contributed by atoms with Crippen molar-refractivity contribution in [3.63, 3.8) is 0 Å². The molecule has 2 aliphatic heterocycles. The van der Waals surface area contributed by atoms with Crippen molar-refractivity contribution in [1.82, 2.24) is 20.4 Å². The molecule has 0 atom stereocenters. The highest BCUT2D eigenvalue weighted by Crippen LogP contribution is 2.25. The summed E-state index contributed by atoms with van der Waals surface area (Å²) in [5.41, 5.74) is 4.62. The second-order valence-electron chi connectivity index (χ2n) is 9.15. The molecular formula is C25H33N5O3. The minimum absolute atomic E-state index is 0.00255. The molecule has 2 fully saturated rings. The predicted octanol–water partition coefficient (Wildman–Crippen LogP) is 2.75. The Morgan fingerprint density at radius 1 is 1.18 bits per heavy atom. The molecule has 3 heterocycles. The van der Waals surface area contributed by atoms with Crippen LogP contribution in [0, 0.1) is 19.8 Å². The molecule has 4 rings (SSSR count). The molecule has 0 bridgehead atoms. The number of aromatic amines is 1. The maximum atomic E-state index is 13.0.